The van der Waals surface area contributed by atoms with Gasteiger partial charge < -0.3 is 10.2 Å². The molecule has 0 amide bonds. The minimum absolute atomic E-state index is 0.00582. The number of aryl methyl sites for hydroxylation is 2. The van der Waals surface area contributed by atoms with Crippen molar-refractivity contribution < 1.29 is 10.2 Å². The van der Waals surface area contributed by atoms with Gasteiger partial charge in [-0.05, 0) is 32.0 Å². The minimum Gasteiger partial charge on any atom is -0.508 e. The van der Waals surface area contributed by atoms with E-state index in [1.807, 2.05) is 62.4 Å². The molecule has 28 heavy (non-hydrogen) atoms. The van der Waals surface area contributed by atoms with Crippen LogP contribution in [0.4, 0.5) is 0 Å². The summed E-state index contributed by atoms with van der Waals surface area (Å²) in [6.07, 6.45) is 0. The Balaban J connectivity index is 1.93. The van der Waals surface area contributed by atoms with Crippen LogP contribution in [0, 0.1) is 13.8 Å². The number of hydrogen-bond donors (Lipinski definition) is 2. The summed E-state index contributed by atoms with van der Waals surface area (Å²) < 4.78 is 0. The van der Waals surface area contributed by atoms with E-state index in [0.29, 0.717) is 23.0 Å². The smallest absolute Gasteiger partial charge is 0.167 e. The fourth-order valence-corrected chi connectivity index (χ4v) is 2.86. The maximum absolute atomic E-state index is 10.3. The molecule has 0 saturated carbocycles. The van der Waals surface area contributed by atoms with Gasteiger partial charge in [0.05, 0.1) is 5.56 Å². The summed E-state index contributed by atoms with van der Waals surface area (Å²) in [7, 11) is 0. The Hall–Kier alpha value is -3.73. The molecule has 4 rings (SSSR count). The molecule has 0 aliphatic carbocycles. The molecule has 4 aromatic rings. The van der Waals surface area contributed by atoms with Crippen LogP contribution in [0.15, 0.2) is 66.7 Å². The first-order valence-corrected chi connectivity index (χ1v) is 8.92. The van der Waals surface area contributed by atoms with Crippen LogP contribution in [0.1, 0.15) is 11.1 Å². The summed E-state index contributed by atoms with van der Waals surface area (Å²) in [6, 6.07) is 20.1. The molecule has 138 valence electrons. The van der Waals surface area contributed by atoms with E-state index in [0.717, 1.165) is 22.3 Å². The van der Waals surface area contributed by atoms with Crippen molar-refractivity contribution in [3.8, 4) is 45.7 Å². The van der Waals surface area contributed by atoms with Crippen molar-refractivity contribution >= 4 is 0 Å². The minimum atomic E-state index is -0.00582. The number of rotatable bonds is 3. The quantitative estimate of drug-likeness (QED) is 0.502. The largest absolute Gasteiger partial charge is 0.508 e. The fourth-order valence-electron chi connectivity index (χ4n) is 2.86. The van der Waals surface area contributed by atoms with Crippen molar-refractivity contribution in [2.75, 3.05) is 0 Å². The van der Waals surface area contributed by atoms with Gasteiger partial charge in [0.2, 0.25) is 0 Å². The highest BCUT2D eigenvalue weighted by atomic mass is 16.3. The first-order valence-electron chi connectivity index (χ1n) is 8.92. The molecule has 0 bridgehead atoms. The Morgan fingerprint density at radius 3 is 1.54 bits per heavy atom. The van der Waals surface area contributed by atoms with E-state index in [2.05, 4.69) is 15.0 Å². The van der Waals surface area contributed by atoms with E-state index in [4.69, 9.17) is 0 Å². The van der Waals surface area contributed by atoms with Crippen molar-refractivity contribution in [3.05, 3.63) is 77.9 Å². The van der Waals surface area contributed by atoms with Gasteiger partial charge in [-0.15, -0.1) is 0 Å². The third kappa shape index (κ3) is 3.55. The van der Waals surface area contributed by atoms with Crippen molar-refractivity contribution in [2.24, 2.45) is 0 Å². The molecule has 0 fully saturated rings. The average molecular weight is 369 g/mol. The van der Waals surface area contributed by atoms with Gasteiger partial charge in [-0.2, -0.15) is 0 Å². The summed E-state index contributed by atoms with van der Waals surface area (Å²) in [4.78, 5) is 13.8. The number of nitrogens with zero attached hydrogens (tertiary/aromatic N) is 3. The van der Waals surface area contributed by atoms with Crippen molar-refractivity contribution in [3.63, 3.8) is 0 Å². The zero-order chi connectivity index (χ0) is 19.7. The van der Waals surface area contributed by atoms with Crippen molar-refractivity contribution in [2.45, 2.75) is 13.8 Å². The van der Waals surface area contributed by atoms with Gasteiger partial charge in [0.25, 0.3) is 0 Å². The third-order valence-corrected chi connectivity index (χ3v) is 4.48. The van der Waals surface area contributed by atoms with Gasteiger partial charge in [0, 0.05) is 11.1 Å². The highest BCUT2D eigenvalue weighted by Gasteiger charge is 2.15. The zero-order valence-corrected chi connectivity index (χ0v) is 15.6. The molecule has 1 heterocycles. The summed E-state index contributed by atoms with van der Waals surface area (Å²) >= 11 is 0. The number of aromatic hydroxyl groups is 2. The number of benzene rings is 3. The molecule has 5 heteroatoms. The summed E-state index contributed by atoms with van der Waals surface area (Å²) in [5.74, 6) is 1.33. The van der Waals surface area contributed by atoms with Crippen molar-refractivity contribution in [1.82, 2.24) is 15.0 Å². The molecule has 3 aromatic carbocycles. The number of hydrogen-bond acceptors (Lipinski definition) is 5. The second-order valence-electron chi connectivity index (χ2n) is 6.74. The predicted octanol–water partition coefficient (Wildman–Crippen LogP) is 4.90. The summed E-state index contributed by atoms with van der Waals surface area (Å²) in [5.41, 5.74) is 4.33. The molecule has 0 unspecified atom stereocenters. The molecule has 0 aliphatic heterocycles. The molecular weight excluding hydrogens is 350 g/mol. The molecule has 0 spiro atoms. The van der Waals surface area contributed by atoms with E-state index in [1.165, 1.54) is 18.2 Å². The average Bonchev–Trinajstić information content (AvgIpc) is 2.70. The van der Waals surface area contributed by atoms with Gasteiger partial charge in [-0.3, -0.25) is 0 Å². The lowest BCUT2D eigenvalue weighted by molar-refractivity contribution is 0.461. The normalized spacial score (nSPS) is 10.8. The van der Waals surface area contributed by atoms with Crippen LogP contribution in [0.3, 0.4) is 0 Å². The maximum atomic E-state index is 10.3. The molecule has 1 aromatic heterocycles. The van der Waals surface area contributed by atoms with Gasteiger partial charge >= 0.3 is 0 Å². The molecule has 2 N–H and O–H groups in total. The van der Waals surface area contributed by atoms with E-state index >= 15 is 0 Å². The predicted molar refractivity (Wildman–Crippen MR) is 109 cm³/mol. The molecular formula is C23H19N3O2. The maximum Gasteiger partial charge on any atom is 0.167 e. The second-order valence-corrected chi connectivity index (χ2v) is 6.74. The zero-order valence-electron chi connectivity index (χ0n) is 15.6. The van der Waals surface area contributed by atoms with E-state index in [1.54, 1.807) is 0 Å². The second kappa shape index (κ2) is 7.12. The highest BCUT2D eigenvalue weighted by molar-refractivity contribution is 5.70. The topological polar surface area (TPSA) is 79.1 Å². The fraction of sp³-hybridized carbons (Fsp3) is 0.0870. The Bertz CT molecular complexity index is 1070. The van der Waals surface area contributed by atoms with Crippen LogP contribution in [0.25, 0.3) is 34.2 Å². The van der Waals surface area contributed by atoms with Gasteiger partial charge in [-0.25, -0.2) is 15.0 Å². The molecule has 0 radical (unpaired) electrons. The van der Waals surface area contributed by atoms with Crippen LogP contribution in [0.2, 0.25) is 0 Å². The van der Waals surface area contributed by atoms with Gasteiger partial charge in [-0.1, -0.05) is 59.7 Å². The number of phenolic OH excluding ortho intramolecular Hbond substituents is 2. The Morgan fingerprint density at radius 1 is 0.571 bits per heavy atom. The standard InChI is InChI=1S/C23H19N3O2/c1-14-3-7-16(8-4-14)21-24-22(17-9-5-15(2)6-10-17)26-23(25-21)19-13-18(27)11-12-20(19)28/h3-13,27-28H,1-2H3. The van der Waals surface area contributed by atoms with E-state index < -0.39 is 0 Å². The van der Waals surface area contributed by atoms with Crippen LogP contribution in [-0.2, 0) is 0 Å². The van der Waals surface area contributed by atoms with Gasteiger partial charge in [0.1, 0.15) is 11.5 Å². The molecule has 0 saturated heterocycles. The van der Waals surface area contributed by atoms with Gasteiger partial charge in [0.15, 0.2) is 17.5 Å². The number of phenols is 2. The lowest BCUT2D eigenvalue weighted by Gasteiger charge is -2.10. The third-order valence-electron chi connectivity index (χ3n) is 4.48. The molecule has 0 atom stereocenters. The Morgan fingerprint density at radius 2 is 1.04 bits per heavy atom. The Kier molecular flexibility index (Phi) is 4.49. The molecule has 5 nitrogen and oxygen atoms in total. The van der Waals surface area contributed by atoms with E-state index in [-0.39, 0.29) is 11.5 Å². The summed E-state index contributed by atoms with van der Waals surface area (Å²) in [5, 5.41) is 20.1. The SMILES string of the molecule is Cc1ccc(-c2nc(-c3ccc(C)cc3)nc(-c3cc(O)ccc3O)n2)cc1. The van der Waals surface area contributed by atoms with Crippen LogP contribution in [0.5, 0.6) is 11.5 Å². The number of aromatic nitrogens is 3. The highest BCUT2D eigenvalue weighted by Crippen LogP contribution is 2.32. The van der Waals surface area contributed by atoms with Crippen LogP contribution >= 0.6 is 0 Å². The lowest BCUT2D eigenvalue weighted by Crippen LogP contribution is -2.00. The van der Waals surface area contributed by atoms with E-state index in [9.17, 15) is 10.2 Å². The monoisotopic (exact) mass is 369 g/mol. The molecule has 0 aliphatic rings. The van der Waals surface area contributed by atoms with Crippen LogP contribution in [-0.4, -0.2) is 25.2 Å². The summed E-state index contributed by atoms with van der Waals surface area (Å²) in [6.45, 7) is 4.04. The Labute approximate surface area is 163 Å². The lowest BCUT2D eigenvalue weighted by atomic mass is 10.1. The van der Waals surface area contributed by atoms with Crippen molar-refractivity contribution in [1.29, 1.82) is 0 Å². The van der Waals surface area contributed by atoms with Crippen LogP contribution < -0.4 is 0 Å². The first-order chi connectivity index (χ1) is 13.5. The first kappa shape index (κ1) is 17.7.